The average molecular weight is 289 g/mol. The monoisotopic (exact) mass is 289 g/mol. The minimum atomic E-state index is -0.949. The van der Waals surface area contributed by atoms with Crippen LogP contribution < -0.4 is 5.32 Å². The molecular formula is C14H19N5O2. The van der Waals surface area contributed by atoms with Gasteiger partial charge in [0.05, 0.1) is 11.7 Å². The van der Waals surface area contributed by atoms with Gasteiger partial charge in [-0.05, 0) is 0 Å². The first-order valence-electron chi connectivity index (χ1n) is 7.52. The molecule has 5 rings (SSSR count). The molecule has 3 saturated heterocycles. The van der Waals surface area contributed by atoms with Gasteiger partial charge in [0.2, 0.25) is 0 Å². The number of piperazine rings is 3. The zero-order valence-electron chi connectivity index (χ0n) is 11.9. The van der Waals surface area contributed by atoms with Crippen LogP contribution in [0.25, 0.3) is 0 Å². The predicted octanol–water partition coefficient (Wildman–Crippen LogP) is -0.507. The Balaban J connectivity index is 1.75. The van der Waals surface area contributed by atoms with Crippen molar-refractivity contribution in [3.8, 4) is 0 Å². The van der Waals surface area contributed by atoms with Crippen LogP contribution >= 0.6 is 0 Å². The lowest BCUT2D eigenvalue weighted by atomic mass is 10.0. The summed E-state index contributed by atoms with van der Waals surface area (Å²) in [5, 5.41) is 12.7. The SMILES string of the molecule is O=C(O)c1nc(C2CN3CCN2CC3)nc2c1CNCC2. The second kappa shape index (κ2) is 5.01. The smallest absolute Gasteiger partial charge is 0.354 e. The Morgan fingerprint density at radius 1 is 1.24 bits per heavy atom. The van der Waals surface area contributed by atoms with Gasteiger partial charge in [-0.3, -0.25) is 9.80 Å². The molecule has 0 radical (unpaired) electrons. The van der Waals surface area contributed by atoms with E-state index in [0.29, 0.717) is 12.4 Å². The Morgan fingerprint density at radius 2 is 2.05 bits per heavy atom. The first-order valence-corrected chi connectivity index (χ1v) is 7.52. The maximum Gasteiger partial charge on any atom is 0.354 e. The Kier molecular flexibility index (Phi) is 3.13. The molecule has 112 valence electrons. The quantitative estimate of drug-likeness (QED) is 0.759. The van der Waals surface area contributed by atoms with E-state index < -0.39 is 5.97 Å². The van der Waals surface area contributed by atoms with Crippen molar-refractivity contribution in [2.24, 2.45) is 0 Å². The van der Waals surface area contributed by atoms with E-state index in [1.165, 1.54) is 0 Å². The fourth-order valence-electron chi connectivity index (χ4n) is 3.55. The number of fused-ring (bicyclic) bond motifs is 4. The minimum Gasteiger partial charge on any atom is -0.476 e. The third-order valence-corrected chi connectivity index (χ3v) is 4.73. The fourth-order valence-corrected chi connectivity index (χ4v) is 3.55. The van der Waals surface area contributed by atoms with Crippen molar-refractivity contribution in [3.05, 3.63) is 22.8 Å². The summed E-state index contributed by atoms with van der Waals surface area (Å²) in [6, 6.07) is 0.144. The van der Waals surface area contributed by atoms with Gasteiger partial charge in [-0.25, -0.2) is 14.8 Å². The van der Waals surface area contributed by atoms with Gasteiger partial charge in [-0.1, -0.05) is 0 Å². The van der Waals surface area contributed by atoms with E-state index >= 15 is 0 Å². The number of hydrogen-bond acceptors (Lipinski definition) is 6. The summed E-state index contributed by atoms with van der Waals surface area (Å²) in [5.41, 5.74) is 1.85. The molecule has 21 heavy (non-hydrogen) atoms. The molecule has 0 saturated carbocycles. The first kappa shape index (κ1) is 13.1. The molecule has 0 spiro atoms. The van der Waals surface area contributed by atoms with Crippen molar-refractivity contribution in [2.75, 3.05) is 39.3 Å². The van der Waals surface area contributed by atoms with Crippen molar-refractivity contribution in [2.45, 2.75) is 19.0 Å². The standard InChI is InChI=1S/C14H19N5O2/c20-14(21)12-9-7-15-2-1-10(9)16-13(17-12)11-8-18-3-5-19(11)6-4-18/h11,15H,1-8H2,(H,20,21). The molecule has 1 atom stereocenters. The summed E-state index contributed by atoms with van der Waals surface area (Å²) in [5.74, 6) is -0.257. The lowest BCUT2D eigenvalue weighted by Crippen LogP contribution is -2.57. The second-order valence-corrected chi connectivity index (χ2v) is 5.94. The number of hydrogen-bond donors (Lipinski definition) is 2. The van der Waals surface area contributed by atoms with Gasteiger partial charge in [0.25, 0.3) is 0 Å². The van der Waals surface area contributed by atoms with Crippen LogP contribution in [0, 0.1) is 0 Å². The number of carboxylic acid groups (broad SMARTS) is 1. The van der Waals surface area contributed by atoms with Crippen molar-refractivity contribution >= 4 is 5.97 Å². The van der Waals surface area contributed by atoms with E-state index in [9.17, 15) is 9.90 Å². The molecule has 0 aromatic carbocycles. The van der Waals surface area contributed by atoms with Crippen LogP contribution in [-0.2, 0) is 13.0 Å². The third-order valence-electron chi connectivity index (χ3n) is 4.73. The largest absolute Gasteiger partial charge is 0.476 e. The average Bonchev–Trinajstić information content (AvgIpc) is 2.54. The molecular weight excluding hydrogens is 270 g/mol. The van der Waals surface area contributed by atoms with Gasteiger partial charge >= 0.3 is 5.97 Å². The predicted molar refractivity (Wildman–Crippen MR) is 75.2 cm³/mol. The van der Waals surface area contributed by atoms with Gasteiger partial charge in [0.15, 0.2) is 5.69 Å². The highest BCUT2D eigenvalue weighted by molar-refractivity contribution is 5.87. The van der Waals surface area contributed by atoms with E-state index in [-0.39, 0.29) is 11.7 Å². The van der Waals surface area contributed by atoms with Gasteiger partial charge in [-0.15, -0.1) is 0 Å². The van der Waals surface area contributed by atoms with E-state index in [1.54, 1.807) is 0 Å². The molecule has 2 N–H and O–H groups in total. The number of nitrogens with one attached hydrogen (secondary N) is 1. The Labute approximate surface area is 123 Å². The van der Waals surface area contributed by atoms with Crippen LogP contribution in [0.2, 0.25) is 0 Å². The molecule has 3 fully saturated rings. The number of carboxylic acids is 1. The van der Waals surface area contributed by atoms with Crippen LogP contribution in [0.5, 0.6) is 0 Å². The highest BCUT2D eigenvalue weighted by atomic mass is 16.4. The molecule has 4 aliphatic heterocycles. The second-order valence-electron chi connectivity index (χ2n) is 5.94. The number of aromatic nitrogens is 2. The van der Waals surface area contributed by atoms with Gasteiger partial charge in [0, 0.05) is 57.8 Å². The van der Waals surface area contributed by atoms with Crippen LogP contribution in [0.1, 0.15) is 33.6 Å². The zero-order valence-corrected chi connectivity index (χ0v) is 11.9. The molecule has 2 bridgehead atoms. The van der Waals surface area contributed by atoms with Crippen molar-refractivity contribution < 1.29 is 9.90 Å². The summed E-state index contributed by atoms with van der Waals surface area (Å²) in [7, 11) is 0. The lowest BCUT2D eigenvalue weighted by molar-refractivity contribution is 0.00836. The van der Waals surface area contributed by atoms with Gasteiger partial charge in [0.1, 0.15) is 5.82 Å². The third kappa shape index (κ3) is 2.21. The van der Waals surface area contributed by atoms with Gasteiger partial charge < -0.3 is 10.4 Å². The van der Waals surface area contributed by atoms with E-state index in [2.05, 4.69) is 20.1 Å². The zero-order chi connectivity index (χ0) is 14.4. The summed E-state index contributed by atoms with van der Waals surface area (Å²) in [6.07, 6.45) is 0.779. The minimum absolute atomic E-state index is 0.144. The number of nitrogens with zero attached hydrogens (tertiary/aromatic N) is 4. The maximum absolute atomic E-state index is 11.5. The fraction of sp³-hybridized carbons (Fsp3) is 0.643. The lowest BCUT2D eigenvalue weighted by Gasteiger charge is -2.46. The Bertz CT molecular complexity index is 583. The number of rotatable bonds is 2. The molecule has 1 unspecified atom stereocenters. The molecule has 1 aromatic heterocycles. The summed E-state index contributed by atoms with van der Waals surface area (Å²) in [4.78, 5) is 25.4. The van der Waals surface area contributed by atoms with Crippen LogP contribution in [-0.4, -0.2) is 70.1 Å². The van der Waals surface area contributed by atoms with Crippen LogP contribution in [0.15, 0.2) is 0 Å². The molecule has 1 aromatic rings. The Hall–Kier alpha value is -1.57. The molecule has 0 amide bonds. The topological polar surface area (TPSA) is 81.6 Å². The van der Waals surface area contributed by atoms with Crippen LogP contribution in [0.4, 0.5) is 0 Å². The number of carbonyl (C=O) groups is 1. The normalized spacial score (nSPS) is 31.0. The van der Waals surface area contributed by atoms with E-state index in [1.807, 2.05) is 0 Å². The van der Waals surface area contributed by atoms with Crippen molar-refractivity contribution in [1.29, 1.82) is 0 Å². The number of aromatic carboxylic acids is 1. The van der Waals surface area contributed by atoms with E-state index in [4.69, 9.17) is 4.98 Å². The summed E-state index contributed by atoms with van der Waals surface area (Å²) >= 11 is 0. The Morgan fingerprint density at radius 3 is 2.71 bits per heavy atom. The maximum atomic E-state index is 11.5. The highest BCUT2D eigenvalue weighted by Gasteiger charge is 2.35. The highest BCUT2D eigenvalue weighted by Crippen LogP contribution is 2.28. The van der Waals surface area contributed by atoms with Crippen molar-refractivity contribution in [1.82, 2.24) is 25.1 Å². The molecule has 7 heteroatoms. The van der Waals surface area contributed by atoms with Crippen molar-refractivity contribution in [3.63, 3.8) is 0 Å². The van der Waals surface area contributed by atoms with Gasteiger partial charge in [-0.2, -0.15) is 0 Å². The van der Waals surface area contributed by atoms with E-state index in [0.717, 1.165) is 56.9 Å². The first-order chi connectivity index (χ1) is 10.2. The molecule has 7 nitrogen and oxygen atoms in total. The molecule has 4 aliphatic rings. The molecule has 0 aliphatic carbocycles. The molecule has 5 heterocycles. The summed E-state index contributed by atoms with van der Waals surface area (Å²) in [6.45, 7) is 6.55. The van der Waals surface area contributed by atoms with Crippen LogP contribution in [0.3, 0.4) is 0 Å². The summed E-state index contributed by atoms with van der Waals surface area (Å²) < 4.78 is 0.